The van der Waals surface area contributed by atoms with Gasteiger partial charge in [0.1, 0.15) is 17.1 Å². The van der Waals surface area contributed by atoms with E-state index >= 15 is 0 Å². The van der Waals surface area contributed by atoms with Crippen molar-refractivity contribution in [2.75, 3.05) is 26.3 Å². The number of esters is 1. The fraction of sp³-hybridized carbons (Fsp3) is 0.417. The number of allylic oxidation sites excluding steroid dienone is 3. The smallest absolute Gasteiger partial charge is 0.342 e. The van der Waals surface area contributed by atoms with E-state index in [4.69, 9.17) is 21.2 Å². The third kappa shape index (κ3) is 7.00. The van der Waals surface area contributed by atoms with Crippen LogP contribution in [-0.4, -0.2) is 53.3 Å². The van der Waals surface area contributed by atoms with Crippen molar-refractivity contribution in [1.82, 2.24) is 10.4 Å². The van der Waals surface area contributed by atoms with Gasteiger partial charge in [-0.2, -0.15) is 0 Å². The zero-order valence-corrected chi connectivity index (χ0v) is 19.1. The number of piperidine rings is 1. The lowest BCUT2D eigenvalue weighted by Gasteiger charge is -2.26. The van der Waals surface area contributed by atoms with Gasteiger partial charge in [0.25, 0.3) is 5.91 Å². The molecular formula is C24H29ClN2O6. The molecule has 8 nitrogen and oxygen atoms in total. The number of aromatic hydroxyl groups is 2. The van der Waals surface area contributed by atoms with Gasteiger partial charge in [0.15, 0.2) is 6.61 Å². The molecule has 1 saturated heterocycles. The average molecular weight is 477 g/mol. The van der Waals surface area contributed by atoms with Crippen LogP contribution in [0.5, 0.6) is 11.5 Å². The Kier molecular flexibility index (Phi) is 9.21. The zero-order chi connectivity index (χ0) is 23.6. The van der Waals surface area contributed by atoms with E-state index in [2.05, 4.69) is 5.48 Å². The highest BCUT2D eigenvalue weighted by atomic mass is 35.5. The van der Waals surface area contributed by atoms with Crippen molar-refractivity contribution >= 4 is 29.6 Å². The highest BCUT2D eigenvalue weighted by Gasteiger charge is 2.23. The number of nitrogens with zero attached hydrogens (tertiary/aromatic N) is 1. The summed E-state index contributed by atoms with van der Waals surface area (Å²) in [5, 5.41) is 20.3. The lowest BCUT2D eigenvalue weighted by molar-refractivity contribution is -0.139. The van der Waals surface area contributed by atoms with Crippen LogP contribution in [0.3, 0.4) is 0 Å². The lowest BCUT2D eigenvalue weighted by atomic mass is 10.0. The van der Waals surface area contributed by atoms with Gasteiger partial charge in [-0.05, 0) is 50.7 Å². The Labute approximate surface area is 198 Å². The summed E-state index contributed by atoms with van der Waals surface area (Å²) in [4.78, 5) is 32.2. The average Bonchev–Trinajstić information content (AvgIpc) is 2.80. The highest BCUT2D eigenvalue weighted by molar-refractivity contribution is 6.34. The molecule has 0 radical (unpaired) electrons. The molecule has 3 rings (SSSR count). The Morgan fingerprint density at radius 1 is 1.09 bits per heavy atom. The quantitative estimate of drug-likeness (QED) is 0.341. The number of carbonyl (C=O) groups is 2. The minimum Gasteiger partial charge on any atom is -0.507 e. The van der Waals surface area contributed by atoms with Gasteiger partial charge in [0.2, 0.25) is 0 Å². The van der Waals surface area contributed by atoms with Crippen LogP contribution in [-0.2, 0) is 14.4 Å². The van der Waals surface area contributed by atoms with Crippen molar-refractivity contribution in [3.8, 4) is 11.5 Å². The number of rotatable bonds is 4. The first-order valence-corrected chi connectivity index (χ1v) is 11.5. The molecule has 0 aromatic heterocycles. The molecule has 2 aliphatic heterocycles. The van der Waals surface area contributed by atoms with Gasteiger partial charge in [-0.3, -0.25) is 15.1 Å². The first-order valence-electron chi connectivity index (χ1n) is 11.1. The predicted octanol–water partition coefficient (Wildman–Crippen LogP) is 4.08. The summed E-state index contributed by atoms with van der Waals surface area (Å²) in [5.74, 6) is -1.73. The Bertz CT molecular complexity index is 951. The van der Waals surface area contributed by atoms with Crippen LogP contribution in [0.4, 0.5) is 0 Å². The molecule has 2 heterocycles. The molecule has 3 N–H and O–H groups in total. The van der Waals surface area contributed by atoms with Gasteiger partial charge >= 0.3 is 5.97 Å². The molecule has 2 aliphatic rings. The molecule has 33 heavy (non-hydrogen) atoms. The molecule has 1 aromatic carbocycles. The predicted molar refractivity (Wildman–Crippen MR) is 125 cm³/mol. The number of amides is 1. The first-order chi connectivity index (χ1) is 16.0. The van der Waals surface area contributed by atoms with Gasteiger partial charge in [0, 0.05) is 24.7 Å². The number of hydroxylamine groups is 1. The van der Waals surface area contributed by atoms with E-state index in [1.165, 1.54) is 6.08 Å². The molecule has 9 heteroatoms. The second kappa shape index (κ2) is 12.3. The van der Waals surface area contributed by atoms with E-state index in [0.717, 1.165) is 51.3 Å². The number of carbonyl (C=O) groups excluding carboxylic acids is 2. The highest BCUT2D eigenvalue weighted by Crippen LogP contribution is 2.38. The third-order valence-electron chi connectivity index (χ3n) is 5.34. The molecule has 0 bridgehead atoms. The summed E-state index contributed by atoms with van der Waals surface area (Å²) in [6.07, 6.45) is 14.2. The van der Waals surface area contributed by atoms with Crippen molar-refractivity contribution < 1.29 is 29.4 Å². The minimum atomic E-state index is -0.768. The van der Waals surface area contributed by atoms with E-state index in [9.17, 15) is 19.8 Å². The molecule has 0 unspecified atom stereocenters. The van der Waals surface area contributed by atoms with Crippen LogP contribution in [0.2, 0.25) is 5.02 Å². The summed E-state index contributed by atoms with van der Waals surface area (Å²) in [6, 6.07) is 0.996. The molecule has 0 saturated carbocycles. The van der Waals surface area contributed by atoms with Gasteiger partial charge in [-0.25, -0.2) is 4.79 Å². The van der Waals surface area contributed by atoms with Gasteiger partial charge in [0.05, 0.1) is 17.3 Å². The Balaban J connectivity index is 1.86. The Morgan fingerprint density at radius 3 is 2.61 bits per heavy atom. The van der Waals surface area contributed by atoms with Crippen molar-refractivity contribution in [3.05, 3.63) is 52.2 Å². The number of benzene rings is 1. The summed E-state index contributed by atoms with van der Waals surface area (Å²) >= 11 is 6.27. The van der Waals surface area contributed by atoms with Crippen molar-refractivity contribution in [3.63, 3.8) is 0 Å². The monoisotopic (exact) mass is 476 g/mol. The second-order valence-electron chi connectivity index (χ2n) is 7.83. The number of cyclic esters (lactones) is 1. The number of hydrogen-bond donors (Lipinski definition) is 3. The minimum absolute atomic E-state index is 0.0740. The van der Waals surface area contributed by atoms with Crippen molar-refractivity contribution in [2.45, 2.75) is 38.5 Å². The number of hydrogen-bond acceptors (Lipinski definition) is 7. The number of ether oxygens (including phenoxy) is 1. The van der Waals surface area contributed by atoms with Crippen molar-refractivity contribution in [1.29, 1.82) is 0 Å². The number of phenols is 2. The largest absolute Gasteiger partial charge is 0.507 e. The Hall–Kier alpha value is -2.97. The van der Waals surface area contributed by atoms with Gasteiger partial charge in [-0.1, -0.05) is 29.8 Å². The summed E-state index contributed by atoms with van der Waals surface area (Å²) in [7, 11) is 0. The molecular weight excluding hydrogens is 448 g/mol. The number of halogens is 1. The SMILES string of the molecule is O=C1OCCC=CCCC=C/C(NOCC(=O)N2CCCCC2)=C/c2c(Cl)c(O)cc(O)c21. The fourth-order valence-corrected chi connectivity index (χ4v) is 3.82. The second-order valence-corrected chi connectivity index (χ2v) is 8.20. The van der Waals surface area contributed by atoms with Gasteiger partial charge < -0.3 is 19.8 Å². The maximum absolute atomic E-state index is 12.6. The van der Waals surface area contributed by atoms with E-state index < -0.39 is 11.7 Å². The Morgan fingerprint density at radius 2 is 1.82 bits per heavy atom. The van der Waals surface area contributed by atoms with Crippen LogP contribution < -0.4 is 5.48 Å². The molecule has 1 amide bonds. The summed E-state index contributed by atoms with van der Waals surface area (Å²) in [5.41, 5.74) is 3.01. The van der Waals surface area contributed by atoms with Crippen LogP contribution in [0.15, 0.2) is 36.1 Å². The normalized spacial score (nSPS) is 19.1. The van der Waals surface area contributed by atoms with E-state index in [1.807, 2.05) is 18.2 Å². The third-order valence-corrected chi connectivity index (χ3v) is 5.74. The molecule has 0 aliphatic carbocycles. The first kappa shape index (κ1) is 24.7. The summed E-state index contributed by atoms with van der Waals surface area (Å²) < 4.78 is 5.26. The van der Waals surface area contributed by atoms with Crippen LogP contribution in [0.1, 0.15) is 54.4 Å². The number of likely N-dealkylation sites (tertiary alicyclic amines) is 1. The number of nitrogens with one attached hydrogen (secondary N) is 1. The lowest BCUT2D eigenvalue weighted by Crippen LogP contribution is -2.39. The number of phenolic OH excluding ortho intramolecular Hbond substituents is 2. The topological polar surface area (TPSA) is 108 Å². The van der Waals surface area contributed by atoms with Crippen LogP contribution >= 0.6 is 11.6 Å². The van der Waals surface area contributed by atoms with Crippen molar-refractivity contribution in [2.24, 2.45) is 0 Å². The van der Waals surface area contributed by atoms with Crippen LogP contribution in [0.25, 0.3) is 6.08 Å². The molecule has 178 valence electrons. The summed E-state index contributed by atoms with van der Waals surface area (Å²) in [6.45, 7) is 1.42. The van der Waals surface area contributed by atoms with E-state index in [0.29, 0.717) is 12.1 Å². The molecule has 1 fully saturated rings. The maximum atomic E-state index is 12.6. The standard InChI is InChI=1S/C24H29ClN2O6/c25-23-18-14-17(26-33-16-21(30)27-11-7-5-8-12-27)10-6-3-1-2-4-9-13-32-24(31)22(18)19(28)15-20(23)29/h2,4,6,10,14-15,26,28-29H,1,3,5,7-9,11-13,16H2/b4-2?,10-6?,17-14-. The molecule has 0 spiro atoms. The molecule has 0 atom stereocenters. The number of fused-ring (bicyclic) bond motifs is 1. The maximum Gasteiger partial charge on any atom is 0.342 e. The van der Waals surface area contributed by atoms with Crippen LogP contribution in [0, 0.1) is 0 Å². The zero-order valence-electron chi connectivity index (χ0n) is 18.4. The van der Waals surface area contributed by atoms with E-state index in [-0.39, 0.29) is 41.0 Å². The van der Waals surface area contributed by atoms with Gasteiger partial charge in [-0.15, -0.1) is 0 Å². The molecule has 1 aromatic rings. The van der Waals surface area contributed by atoms with E-state index in [1.54, 1.807) is 11.0 Å². The fourth-order valence-electron chi connectivity index (χ4n) is 3.61.